The number of aromatic nitrogens is 2. The van der Waals surface area contributed by atoms with Crippen LogP contribution in [0.3, 0.4) is 0 Å². The number of hydrogen-bond donors (Lipinski definition) is 0. The number of rotatable bonds is 3. The molecule has 3 nitrogen and oxygen atoms in total. The molecule has 4 heteroatoms. The predicted molar refractivity (Wildman–Crippen MR) is 71.9 cm³/mol. The van der Waals surface area contributed by atoms with Crippen molar-refractivity contribution < 1.29 is 4.79 Å². The molecule has 1 aliphatic carbocycles. The summed E-state index contributed by atoms with van der Waals surface area (Å²) < 4.78 is 1.93. The van der Waals surface area contributed by atoms with Gasteiger partial charge in [0.25, 0.3) is 0 Å². The van der Waals surface area contributed by atoms with Gasteiger partial charge in [-0.05, 0) is 36.3 Å². The van der Waals surface area contributed by atoms with Gasteiger partial charge in [-0.25, -0.2) is 4.98 Å². The number of ketones is 1. The maximum atomic E-state index is 12.4. The van der Waals surface area contributed by atoms with Crippen LogP contribution < -0.4 is 0 Å². The summed E-state index contributed by atoms with van der Waals surface area (Å²) in [4.78, 5) is 18.1. The maximum absolute atomic E-state index is 12.4. The summed E-state index contributed by atoms with van der Waals surface area (Å²) >= 11 is 1.78. The van der Waals surface area contributed by atoms with Crippen LogP contribution in [0.4, 0.5) is 0 Å². The number of hydrogen-bond acceptors (Lipinski definition) is 3. The molecule has 1 aliphatic rings. The quantitative estimate of drug-likeness (QED) is 0.850. The number of carbonyl (C=O) groups excluding carboxylic acids is 1. The normalized spacial score (nSPS) is 18.6. The summed E-state index contributed by atoms with van der Waals surface area (Å²) in [7, 11) is 1.94. The molecule has 0 aliphatic heterocycles. The van der Waals surface area contributed by atoms with E-state index >= 15 is 0 Å². The van der Waals surface area contributed by atoms with E-state index < -0.39 is 0 Å². The minimum atomic E-state index is 0.0942. The molecule has 0 N–H and O–H groups in total. The van der Waals surface area contributed by atoms with E-state index in [9.17, 15) is 4.79 Å². The molecular formula is C14H16N2OS. The van der Waals surface area contributed by atoms with Gasteiger partial charge in [-0.15, -0.1) is 11.3 Å². The van der Waals surface area contributed by atoms with Gasteiger partial charge in [-0.2, -0.15) is 0 Å². The Labute approximate surface area is 110 Å². The highest BCUT2D eigenvalue weighted by Gasteiger charge is 2.27. The standard InChI is InChI=1S/C14H16N2OS/c1-16-7-6-15-14(16)9-12(17)10-3-2-4-13-11(10)5-8-18-13/h5-8,10H,2-4,9H2,1H3. The van der Waals surface area contributed by atoms with Crippen molar-refractivity contribution in [2.45, 2.75) is 31.6 Å². The van der Waals surface area contributed by atoms with E-state index in [1.807, 2.05) is 17.8 Å². The van der Waals surface area contributed by atoms with Gasteiger partial charge in [0.2, 0.25) is 0 Å². The first-order valence-corrected chi connectivity index (χ1v) is 7.19. The van der Waals surface area contributed by atoms with Crippen LogP contribution in [0.1, 0.15) is 35.0 Å². The molecule has 2 aromatic rings. The topological polar surface area (TPSA) is 34.9 Å². The fourth-order valence-corrected chi connectivity index (χ4v) is 3.65. The van der Waals surface area contributed by atoms with Crippen LogP contribution >= 0.6 is 11.3 Å². The van der Waals surface area contributed by atoms with Crippen molar-refractivity contribution in [2.24, 2.45) is 7.05 Å². The average Bonchev–Trinajstić information content (AvgIpc) is 2.98. The maximum Gasteiger partial charge on any atom is 0.147 e. The van der Waals surface area contributed by atoms with Crippen LogP contribution in [0.5, 0.6) is 0 Å². The molecular weight excluding hydrogens is 244 g/mol. The number of aryl methyl sites for hydroxylation is 2. The number of nitrogens with zero attached hydrogens (tertiary/aromatic N) is 2. The molecule has 18 heavy (non-hydrogen) atoms. The molecule has 0 bridgehead atoms. The number of Topliss-reactive ketones (excluding diaryl/α,β-unsaturated/α-hetero) is 1. The van der Waals surface area contributed by atoms with E-state index in [1.165, 1.54) is 10.4 Å². The summed E-state index contributed by atoms with van der Waals surface area (Å²) in [6, 6.07) is 2.13. The number of fused-ring (bicyclic) bond motifs is 1. The van der Waals surface area contributed by atoms with Crippen molar-refractivity contribution in [1.82, 2.24) is 9.55 Å². The third-order valence-corrected chi connectivity index (χ3v) is 4.69. The SMILES string of the molecule is Cn1ccnc1CC(=O)C1CCCc2sccc21. The van der Waals surface area contributed by atoms with Gasteiger partial charge in [-0.1, -0.05) is 0 Å². The zero-order chi connectivity index (χ0) is 12.5. The lowest BCUT2D eigenvalue weighted by Gasteiger charge is -2.21. The third-order valence-electron chi connectivity index (χ3n) is 3.69. The van der Waals surface area contributed by atoms with Crippen LogP contribution in [0.25, 0.3) is 0 Å². The first kappa shape index (κ1) is 11.7. The molecule has 0 fully saturated rings. The van der Waals surface area contributed by atoms with E-state index in [1.54, 1.807) is 17.5 Å². The molecule has 94 valence electrons. The summed E-state index contributed by atoms with van der Waals surface area (Å²) in [6.07, 6.45) is 7.35. The molecule has 1 unspecified atom stereocenters. The highest BCUT2D eigenvalue weighted by atomic mass is 32.1. The van der Waals surface area contributed by atoms with Crippen molar-refractivity contribution in [3.8, 4) is 0 Å². The molecule has 0 amide bonds. The van der Waals surface area contributed by atoms with Gasteiger partial charge in [0, 0.05) is 30.2 Å². The second-order valence-electron chi connectivity index (χ2n) is 4.84. The van der Waals surface area contributed by atoms with Crippen molar-refractivity contribution in [3.63, 3.8) is 0 Å². The second kappa shape index (κ2) is 4.69. The van der Waals surface area contributed by atoms with E-state index in [4.69, 9.17) is 0 Å². The lowest BCUT2D eigenvalue weighted by Crippen LogP contribution is -2.20. The summed E-state index contributed by atoms with van der Waals surface area (Å²) in [5, 5.41) is 2.11. The molecule has 2 aromatic heterocycles. The smallest absolute Gasteiger partial charge is 0.147 e. The molecule has 0 spiro atoms. The van der Waals surface area contributed by atoms with Crippen molar-refractivity contribution in [3.05, 3.63) is 40.1 Å². The highest BCUT2D eigenvalue weighted by molar-refractivity contribution is 7.10. The molecule has 0 saturated carbocycles. The molecule has 2 heterocycles. The number of imidazole rings is 1. The Hall–Kier alpha value is -1.42. The molecule has 0 saturated heterocycles. The Morgan fingerprint density at radius 3 is 3.28 bits per heavy atom. The molecule has 0 aromatic carbocycles. The van der Waals surface area contributed by atoms with Gasteiger partial charge in [0.1, 0.15) is 11.6 Å². The summed E-state index contributed by atoms with van der Waals surface area (Å²) in [5.41, 5.74) is 1.27. The zero-order valence-corrected chi connectivity index (χ0v) is 11.2. The monoisotopic (exact) mass is 260 g/mol. The van der Waals surface area contributed by atoms with Crippen LogP contribution in [-0.2, 0) is 24.7 Å². The lowest BCUT2D eigenvalue weighted by molar-refractivity contribution is -0.120. The van der Waals surface area contributed by atoms with Crippen LogP contribution in [0.2, 0.25) is 0 Å². The Balaban J connectivity index is 1.81. The highest BCUT2D eigenvalue weighted by Crippen LogP contribution is 2.35. The van der Waals surface area contributed by atoms with Crippen molar-refractivity contribution >= 4 is 17.1 Å². The predicted octanol–water partition coefficient (Wildman–Crippen LogP) is 2.71. The van der Waals surface area contributed by atoms with Crippen molar-refractivity contribution in [2.75, 3.05) is 0 Å². The van der Waals surface area contributed by atoms with E-state index in [-0.39, 0.29) is 5.92 Å². The Kier molecular flexibility index (Phi) is 3.04. The Morgan fingerprint density at radius 1 is 1.61 bits per heavy atom. The fourth-order valence-electron chi connectivity index (χ4n) is 2.67. The molecule has 3 rings (SSSR count). The van der Waals surface area contributed by atoms with Gasteiger partial charge in [-0.3, -0.25) is 4.79 Å². The van der Waals surface area contributed by atoms with E-state index in [0.29, 0.717) is 12.2 Å². The minimum Gasteiger partial charge on any atom is -0.338 e. The average molecular weight is 260 g/mol. The Bertz CT molecular complexity index is 570. The molecule has 0 radical (unpaired) electrons. The van der Waals surface area contributed by atoms with E-state index in [2.05, 4.69) is 16.4 Å². The van der Waals surface area contributed by atoms with Crippen molar-refractivity contribution in [1.29, 1.82) is 0 Å². The largest absolute Gasteiger partial charge is 0.338 e. The van der Waals surface area contributed by atoms with Gasteiger partial charge in [0.05, 0.1) is 6.42 Å². The summed E-state index contributed by atoms with van der Waals surface area (Å²) in [6.45, 7) is 0. The minimum absolute atomic E-state index is 0.0942. The van der Waals surface area contributed by atoms with Crippen LogP contribution in [0, 0.1) is 0 Å². The second-order valence-corrected chi connectivity index (χ2v) is 5.84. The van der Waals surface area contributed by atoms with Crippen LogP contribution in [0.15, 0.2) is 23.8 Å². The lowest BCUT2D eigenvalue weighted by atomic mass is 9.84. The van der Waals surface area contributed by atoms with E-state index in [0.717, 1.165) is 25.1 Å². The van der Waals surface area contributed by atoms with Crippen LogP contribution in [-0.4, -0.2) is 15.3 Å². The van der Waals surface area contributed by atoms with Gasteiger partial charge >= 0.3 is 0 Å². The first-order valence-electron chi connectivity index (χ1n) is 6.31. The third kappa shape index (κ3) is 2.01. The fraction of sp³-hybridized carbons (Fsp3) is 0.429. The van der Waals surface area contributed by atoms with Gasteiger partial charge < -0.3 is 4.57 Å². The summed E-state index contributed by atoms with van der Waals surface area (Å²) in [5.74, 6) is 1.27. The van der Waals surface area contributed by atoms with Gasteiger partial charge in [0.15, 0.2) is 0 Å². The zero-order valence-electron chi connectivity index (χ0n) is 10.4. The Morgan fingerprint density at radius 2 is 2.50 bits per heavy atom. The number of thiophene rings is 1. The number of carbonyl (C=O) groups is 1. The first-order chi connectivity index (χ1) is 8.75. The molecule has 1 atom stereocenters.